The van der Waals surface area contributed by atoms with Crippen molar-refractivity contribution in [1.29, 1.82) is 5.26 Å². The first-order chi connectivity index (χ1) is 16.3. The number of benzene rings is 2. The number of hydroxylamine groups is 1. The largest absolute Gasteiger partial charge is 0.347 e. The third kappa shape index (κ3) is 5.30. The molecule has 1 fully saturated rings. The lowest BCUT2D eigenvalue weighted by atomic mass is 9.92. The smallest absolute Gasteiger partial charge is 0.269 e. The van der Waals surface area contributed by atoms with Crippen molar-refractivity contribution in [2.75, 3.05) is 13.1 Å². The summed E-state index contributed by atoms with van der Waals surface area (Å²) < 4.78 is 27.4. The molecule has 1 unspecified atom stereocenters. The molecule has 2 heterocycles. The summed E-state index contributed by atoms with van der Waals surface area (Å²) in [5.41, 5.74) is 4.29. The van der Waals surface area contributed by atoms with E-state index in [4.69, 9.17) is 10.1 Å². The Labute approximate surface area is 200 Å². The summed E-state index contributed by atoms with van der Waals surface area (Å²) in [6, 6.07) is 18.3. The van der Waals surface area contributed by atoms with Gasteiger partial charge in [-0.2, -0.15) is 9.57 Å². The predicted octanol–water partition coefficient (Wildman–Crippen LogP) is 2.58. The van der Waals surface area contributed by atoms with Gasteiger partial charge in [0.05, 0.1) is 17.4 Å². The van der Waals surface area contributed by atoms with E-state index in [0.717, 1.165) is 11.1 Å². The molecular weight excluding hydrogens is 452 g/mol. The van der Waals surface area contributed by atoms with Crippen LogP contribution >= 0.6 is 0 Å². The number of amides is 1. The Kier molecular flexibility index (Phi) is 7.03. The molecule has 0 radical (unpaired) electrons. The minimum absolute atomic E-state index is 0.186. The van der Waals surface area contributed by atoms with E-state index < -0.39 is 15.6 Å². The van der Waals surface area contributed by atoms with Crippen molar-refractivity contribution < 1.29 is 18.0 Å². The average molecular weight is 481 g/mol. The number of aryl methyl sites for hydroxylation is 1. The number of piperidine rings is 1. The minimum Gasteiger partial charge on any atom is -0.347 e. The van der Waals surface area contributed by atoms with Gasteiger partial charge in [-0.15, -0.1) is 0 Å². The van der Waals surface area contributed by atoms with E-state index in [1.807, 2.05) is 37.3 Å². The molecule has 1 atom stereocenters. The highest BCUT2D eigenvalue weighted by atomic mass is 32.2. The molecule has 2 aliphatic rings. The molecule has 178 valence electrons. The summed E-state index contributed by atoms with van der Waals surface area (Å²) in [7, 11) is -3.58. The van der Waals surface area contributed by atoms with Crippen molar-refractivity contribution >= 4 is 15.9 Å². The molecule has 8 nitrogen and oxygen atoms in total. The Balaban J connectivity index is 1.38. The van der Waals surface area contributed by atoms with Crippen LogP contribution in [0.5, 0.6) is 0 Å². The normalized spacial score (nSPS) is 18.5. The number of rotatable bonds is 7. The molecular formula is C25H28N4O4S. The Morgan fingerprint density at radius 3 is 2.50 bits per heavy atom. The lowest BCUT2D eigenvalue weighted by Crippen LogP contribution is -2.46. The fourth-order valence-electron chi connectivity index (χ4n) is 4.25. The highest BCUT2D eigenvalue weighted by Gasteiger charge is 2.42. The molecule has 2 aromatic carbocycles. The topological polar surface area (TPSA) is 112 Å². The number of nitrogens with one attached hydrogen (secondary N) is 2. The van der Waals surface area contributed by atoms with Gasteiger partial charge < -0.3 is 5.32 Å². The zero-order chi connectivity index (χ0) is 24.2. The molecule has 34 heavy (non-hydrogen) atoms. The van der Waals surface area contributed by atoms with Gasteiger partial charge in [0.15, 0.2) is 0 Å². The summed E-state index contributed by atoms with van der Waals surface area (Å²) >= 11 is 0. The molecule has 2 aliphatic heterocycles. The first-order valence-electron chi connectivity index (χ1n) is 11.3. The van der Waals surface area contributed by atoms with Crippen LogP contribution in [0.1, 0.15) is 30.4 Å². The number of carbonyl (C=O) groups is 1. The van der Waals surface area contributed by atoms with E-state index in [-0.39, 0.29) is 42.1 Å². The maximum Gasteiger partial charge on any atom is 0.269 e. The Morgan fingerprint density at radius 1 is 1.18 bits per heavy atom. The maximum atomic E-state index is 13.0. The van der Waals surface area contributed by atoms with Crippen LogP contribution in [0.15, 0.2) is 71.3 Å². The average Bonchev–Trinajstić information content (AvgIpc) is 3.24. The number of nitrogens with zero attached hydrogens (tertiary/aromatic N) is 2. The molecule has 0 bridgehead atoms. The zero-order valence-corrected chi connectivity index (χ0v) is 19.8. The molecule has 0 aliphatic carbocycles. The van der Waals surface area contributed by atoms with Crippen LogP contribution in [0.4, 0.5) is 0 Å². The quantitative estimate of drug-likeness (QED) is 0.630. The van der Waals surface area contributed by atoms with Gasteiger partial charge in [0, 0.05) is 19.1 Å². The Hall–Kier alpha value is -3.19. The van der Waals surface area contributed by atoms with Crippen LogP contribution in [0.2, 0.25) is 0 Å². The Bertz CT molecular complexity index is 1200. The van der Waals surface area contributed by atoms with Crippen LogP contribution in [0.25, 0.3) is 0 Å². The molecule has 4 rings (SSSR count). The summed E-state index contributed by atoms with van der Waals surface area (Å²) in [6.45, 7) is 2.48. The zero-order valence-electron chi connectivity index (χ0n) is 19.0. The maximum absolute atomic E-state index is 13.0. The van der Waals surface area contributed by atoms with Gasteiger partial charge in [-0.25, -0.2) is 8.42 Å². The van der Waals surface area contributed by atoms with Gasteiger partial charge in [0.1, 0.15) is 11.3 Å². The molecule has 2 N–H and O–H groups in total. The van der Waals surface area contributed by atoms with Crippen molar-refractivity contribution in [3.8, 4) is 6.07 Å². The monoisotopic (exact) mass is 480 g/mol. The summed E-state index contributed by atoms with van der Waals surface area (Å²) in [6.07, 6.45) is 3.32. The van der Waals surface area contributed by atoms with Crippen LogP contribution in [-0.2, 0) is 26.1 Å². The first-order valence-corrected chi connectivity index (χ1v) is 12.7. The highest BCUT2D eigenvalue weighted by Crippen LogP contribution is 2.34. The standard InChI is InChI=1S/C25H28N4O4S/c1-19-7-9-22(10-8-19)34(31,32)29-15-12-25(13-16-29)18-23(28-33-25)24(30)27-21(11-14-26)17-20-5-3-2-4-6-20/h2-10,18,21,28H,11-13,15-17H2,1H3,(H,27,30). The third-order valence-corrected chi connectivity index (χ3v) is 8.15. The number of nitriles is 1. The van der Waals surface area contributed by atoms with Crippen LogP contribution in [0, 0.1) is 18.3 Å². The van der Waals surface area contributed by atoms with E-state index >= 15 is 0 Å². The van der Waals surface area contributed by atoms with Crippen LogP contribution in [0.3, 0.4) is 0 Å². The second-order valence-corrected chi connectivity index (χ2v) is 10.7. The third-order valence-electron chi connectivity index (χ3n) is 6.24. The minimum atomic E-state index is -3.58. The van der Waals surface area contributed by atoms with E-state index in [0.29, 0.717) is 19.3 Å². The van der Waals surface area contributed by atoms with E-state index in [1.165, 1.54) is 4.31 Å². The van der Waals surface area contributed by atoms with Crippen molar-refractivity contribution in [2.45, 2.75) is 49.1 Å². The lowest BCUT2D eigenvalue weighted by molar-refractivity contribution is -0.120. The number of carbonyl (C=O) groups excluding carboxylic acids is 1. The van der Waals surface area contributed by atoms with Crippen molar-refractivity contribution in [1.82, 2.24) is 15.1 Å². The lowest BCUT2D eigenvalue weighted by Gasteiger charge is -2.35. The first kappa shape index (κ1) is 24.0. The highest BCUT2D eigenvalue weighted by molar-refractivity contribution is 7.89. The summed E-state index contributed by atoms with van der Waals surface area (Å²) in [5, 5.41) is 12.1. The number of hydrogen-bond donors (Lipinski definition) is 2. The van der Waals surface area contributed by atoms with E-state index in [2.05, 4.69) is 16.9 Å². The van der Waals surface area contributed by atoms with Crippen LogP contribution in [-0.4, -0.2) is 43.4 Å². The van der Waals surface area contributed by atoms with Crippen molar-refractivity contribution in [3.63, 3.8) is 0 Å². The van der Waals surface area contributed by atoms with E-state index in [1.54, 1.807) is 30.3 Å². The van der Waals surface area contributed by atoms with Gasteiger partial charge in [-0.05, 0) is 50.0 Å². The summed E-state index contributed by atoms with van der Waals surface area (Å²) in [4.78, 5) is 18.9. The molecule has 0 saturated carbocycles. The van der Waals surface area contributed by atoms with Gasteiger partial charge in [-0.3, -0.25) is 15.1 Å². The van der Waals surface area contributed by atoms with E-state index in [9.17, 15) is 13.2 Å². The van der Waals surface area contributed by atoms with Crippen molar-refractivity contribution in [2.24, 2.45) is 0 Å². The van der Waals surface area contributed by atoms with Gasteiger partial charge >= 0.3 is 0 Å². The Morgan fingerprint density at radius 2 is 1.85 bits per heavy atom. The molecule has 1 amide bonds. The second-order valence-electron chi connectivity index (χ2n) is 8.77. The predicted molar refractivity (Wildman–Crippen MR) is 127 cm³/mol. The summed E-state index contributed by atoms with van der Waals surface area (Å²) in [5.74, 6) is -0.345. The van der Waals surface area contributed by atoms with Gasteiger partial charge in [-0.1, -0.05) is 48.0 Å². The van der Waals surface area contributed by atoms with Gasteiger partial charge in [0.25, 0.3) is 5.91 Å². The SMILES string of the molecule is Cc1ccc(S(=O)(=O)N2CCC3(C=C(C(=O)NC(CC#N)Cc4ccccc4)NO3)CC2)cc1. The fraction of sp³-hybridized carbons (Fsp3) is 0.360. The molecule has 9 heteroatoms. The number of hydrogen-bond acceptors (Lipinski definition) is 6. The number of sulfonamides is 1. The molecule has 1 saturated heterocycles. The fourth-order valence-corrected chi connectivity index (χ4v) is 5.69. The molecule has 2 aromatic rings. The molecule has 1 spiro atoms. The van der Waals surface area contributed by atoms with Crippen LogP contribution < -0.4 is 10.8 Å². The second kappa shape index (κ2) is 9.97. The van der Waals surface area contributed by atoms with Crippen molar-refractivity contribution in [3.05, 3.63) is 77.5 Å². The van der Waals surface area contributed by atoms with Gasteiger partial charge in [0.2, 0.25) is 10.0 Å². The molecule has 0 aromatic heterocycles.